The highest BCUT2D eigenvalue weighted by molar-refractivity contribution is 5.92. The number of benzene rings is 2. The number of fused-ring (bicyclic) bond motifs is 1. The lowest BCUT2D eigenvalue weighted by Crippen LogP contribution is -2.54. The van der Waals surface area contributed by atoms with E-state index < -0.39 is 23.5 Å². The zero-order valence-corrected chi connectivity index (χ0v) is 27.4. The molecule has 0 saturated carbocycles. The van der Waals surface area contributed by atoms with Crippen LogP contribution in [0.3, 0.4) is 0 Å². The third-order valence-corrected chi connectivity index (χ3v) is 10.5. The van der Waals surface area contributed by atoms with Gasteiger partial charge in [-0.2, -0.15) is 13.2 Å². The van der Waals surface area contributed by atoms with Crippen LogP contribution in [0.2, 0.25) is 0 Å². The number of likely N-dealkylation sites (tertiary alicyclic amines) is 2. The van der Waals surface area contributed by atoms with Gasteiger partial charge in [0.1, 0.15) is 5.82 Å². The number of para-hydroxylation sites is 1. The van der Waals surface area contributed by atoms with Gasteiger partial charge in [-0.25, -0.2) is 9.18 Å². The van der Waals surface area contributed by atoms with E-state index in [0.717, 1.165) is 62.4 Å². The second-order valence-electron chi connectivity index (χ2n) is 13.6. The van der Waals surface area contributed by atoms with Crippen molar-refractivity contribution in [3.05, 3.63) is 65.0 Å². The van der Waals surface area contributed by atoms with Crippen LogP contribution < -0.4 is 5.32 Å². The van der Waals surface area contributed by atoms with Gasteiger partial charge in [-0.1, -0.05) is 24.3 Å². The predicted molar refractivity (Wildman–Crippen MR) is 172 cm³/mol. The Morgan fingerprint density at radius 3 is 2.21 bits per heavy atom. The zero-order chi connectivity index (χ0) is 34.0. The van der Waals surface area contributed by atoms with E-state index in [-0.39, 0.29) is 42.3 Å². The first-order valence-electron chi connectivity index (χ1n) is 17.0. The standard InChI is InChI=1S/C35H44F4N6O3/c1-41-16-18-42(19-17-41)27-8-14-44(15-9-27)33(47)26(20-24-6-7-30(36)29(21-24)35(37,38)39)22-32(46)43-12-10-28(11-13-43)45-23-25-4-2-3-5-31(25)40-34(45)48/h2-7,21,26-28H,8-20,22-23H2,1H3,(H,40,48). The highest BCUT2D eigenvalue weighted by atomic mass is 19.4. The highest BCUT2D eigenvalue weighted by Gasteiger charge is 2.38. The number of hydrogen-bond donors (Lipinski definition) is 1. The van der Waals surface area contributed by atoms with Gasteiger partial charge in [-0.05, 0) is 68.5 Å². The molecule has 4 aliphatic heterocycles. The molecule has 0 spiro atoms. The van der Waals surface area contributed by atoms with E-state index >= 15 is 0 Å². The molecule has 3 saturated heterocycles. The Bertz CT molecular complexity index is 1480. The summed E-state index contributed by atoms with van der Waals surface area (Å²) in [6, 6.07) is 10.6. The number of alkyl halides is 3. The SMILES string of the molecule is CN1CCN(C2CCN(C(=O)C(CC(=O)N3CCC(N4Cc5ccccc5NC4=O)CC3)Cc3ccc(F)c(C(F)(F)F)c3)CC2)CC1. The minimum Gasteiger partial charge on any atom is -0.343 e. The fraction of sp³-hybridized carbons (Fsp3) is 0.571. The molecule has 48 heavy (non-hydrogen) atoms. The van der Waals surface area contributed by atoms with Crippen LogP contribution in [-0.4, -0.2) is 114 Å². The Kier molecular flexibility index (Phi) is 10.3. The first kappa shape index (κ1) is 34.2. The summed E-state index contributed by atoms with van der Waals surface area (Å²) in [5.41, 5.74) is 0.613. The molecule has 0 bridgehead atoms. The Hall–Kier alpha value is -3.71. The number of rotatable bonds is 7. The summed E-state index contributed by atoms with van der Waals surface area (Å²) in [5, 5.41) is 2.94. The average Bonchev–Trinajstić information content (AvgIpc) is 3.08. The van der Waals surface area contributed by atoms with E-state index in [1.54, 1.807) is 14.7 Å². The number of carbonyl (C=O) groups is 3. The molecule has 1 unspecified atom stereocenters. The molecule has 0 radical (unpaired) electrons. The van der Waals surface area contributed by atoms with E-state index in [0.29, 0.717) is 51.6 Å². The van der Waals surface area contributed by atoms with Gasteiger partial charge in [0.05, 0.1) is 11.5 Å². The molecule has 6 rings (SSSR count). The number of piperidine rings is 2. The zero-order valence-electron chi connectivity index (χ0n) is 27.4. The van der Waals surface area contributed by atoms with Gasteiger partial charge in [0.2, 0.25) is 11.8 Å². The summed E-state index contributed by atoms with van der Waals surface area (Å²) in [5.74, 6) is -2.75. The molecule has 2 aromatic rings. The number of hydrogen-bond acceptors (Lipinski definition) is 5. The Labute approximate surface area is 278 Å². The number of anilines is 1. The van der Waals surface area contributed by atoms with Gasteiger partial charge >= 0.3 is 12.2 Å². The summed E-state index contributed by atoms with van der Waals surface area (Å²) in [6.07, 6.45) is -2.38. The average molecular weight is 673 g/mol. The molecule has 4 aliphatic rings. The first-order chi connectivity index (χ1) is 23.0. The molecule has 3 fully saturated rings. The topological polar surface area (TPSA) is 79.4 Å². The van der Waals surface area contributed by atoms with E-state index in [1.165, 1.54) is 6.07 Å². The minimum atomic E-state index is -4.88. The third-order valence-electron chi connectivity index (χ3n) is 10.5. The lowest BCUT2D eigenvalue weighted by Gasteiger charge is -2.43. The van der Waals surface area contributed by atoms with Crippen molar-refractivity contribution in [1.29, 1.82) is 0 Å². The maximum Gasteiger partial charge on any atom is 0.419 e. The van der Waals surface area contributed by atoms with E-state index in [9.17, 15) is 31.9 Å². The van der Waals surface area contributed by atoms with Crippen LogP contribution in [0.1, 0.15) is 48.8 Å². The van der Waals surface area contributed by atoms with Gasteiger partial charge in [-0.3, -0.25) is 14.5 Å². The largest absolute Gasteiger partial charge is 0.419 e. The maximum absolute atomic E-state index is 14.1. The van der Waals surface area contributed by atoms with Crippen LogP contribution in [-0.2, 0) is 28.7 Å². The molecule has 4 amide bonds. The number of likely N-dealkylation sites (N-methyl/N-ethyl adjacent to an activating group) is 1. The smallest absolute Gasteiger partial charge is 0.343 e. The van der Waals surface area contributed by atoms with Crippen molar-refractivity contribution in [3.63, 3.8) is 0 Å². The molecular formula is C35H44F4N6O3. The summed E-state index contributed by atoms with van der Waals surface area (Å²) < 4.78 is 54.7. The highest BCUT2D eigenvalue weighted by Crippen LogP contribution is 2.33. The normalized spacial score (nSPS) is 21.2. The quantitative estimate of drug-likeness (QED) is 0.433. The molecule has 0 aliphatic carbocycles. The van der Waals surface area contributed by atoms with Crippen LogP contribution in [0.5, 0.6) is 0 Å². The van der Waals surface area contributed by atoms with Crippen LogP contribution in [0, 0.1) is 11.7 Å². The Morgan fingerprint density at radius 2 is 1.52 bits per heavy atom. The van der Waals surface area contributed by atoms with Crippen LogP contribution in [0.25, 0.3) is 0 Å². The molecule has 0 aromatic heterocycles. The number of nitrogens with zero attached hydrogens (tertiary/aromatic N) is 5. The van der Waals surface area contributed by atoms with Crippen LogP contribution in [0.15, 0.2) is 42.5 Å². The summed E-state index contributed by atoms with van der Waals surface area (Å²) in [4.78, 5) is 50.5. The fourth-order valence-electron chi connectivity index (χ4n) is 7.63. The summed E-state index contributed by atoms with van der Waals surface area (Å²) in [7, 11) is 2.10. The van der Waals surface area contributed by atoms with Crippen molar-refractivity contribution in [3.8, 4) is 0 Å². The van der Waals surface area contributed by atoms with Crippen molar-refractivity contribution in [2.24, 2.45) is 5.92 Å². The predicted octanol–water partition coefficient (Wildman–Crippen LogP) is 4.67. The molecular weight excluding hydrogens is 628 g/mol. The maximum atomic E-state index is 14.1. The van der Waals surface area contributed by atoms with Gasteiger partial charge < -0.3 is 24.9 Å². The van der Waals surface area contributed by atoms with Gasteiger partial charge in [0.25, 0.3) is 0 Å². The van der Waals surface area contributed by atoms with Crippen molar-refractivity contribution < 1.29 is 31.9 Å². The molecule has 2 aromatic carbocycles. The fourth-order valence-corrected chi connectivity index (χ4v) is 7.63. The van der Waals surface area contributed by atoms with Gasteiger partial charge in [0.15, 0.2) is 0 Å². The molecule has 1 N–H and O–H groups in total. The van der Waals surface area contributed by atoms with E-state index in [4.69, 9.17) is 0 Å². The second kappa shape index (κ2) is 14.4. The number of urea groups is 1. The lowest BCUT2D eigenvalue weighted by molar-refractivity contribution is -0.143. The van der Waals surface area contributed by atoms with Crippen LogP contribution in [0.4, 0.5) is 28.0 Å². The van der Waals surface area contributed by atoms with Gasteiger partial charge in [-0.15, -0.1) is 0 Å². The van der Waals surface area contributed by atoms with Crippen LogP contribution >= 0.6 is 0 Å². The number of halogens is 4. The third kappa shape index (κ3) is 7.78. The van der Waals surface area contributed by atoms with Crippen molar-refractivity contribution in [2.45, 2.75) is 63.3 Å². The monoisotopic (exact) mass is 672 g/mol. The van der Waals surface area contributed by atoms with E-state index in [2.05, 4.69) is 22.2 Å². The second-order valence-corrected chi connectivity index (χ2v) is 13.6. The first-order valence-corrected chi connectivity index (χ1v) is 17.0. The molecule has 13 heteroatoms. The molecule has 4 heterocycles. The number of carbonyl (C=O) groups excluding carboxylic acids is 3. The number of nitrogens with one attached hydrogen (secondary N) is 1. The summed E-state index contributed by atoms with van der Waals surface area (Å²) >= 11 is 0. The van der Waals surface area contributed by atoms with Crippen molar-refractivity contribution in [2.75, 3.05) is 64.7 Å². The Balaban J connectivity index is 1.11. The minimum absolute atomic E-state index is 0.0542. The number of piperazine rings is 1. The molecule has 260 valence electrons. The molecule has 1 atom stereocenters. The van der Waals surface area contributed by atoms with Gasteiger partial charge in [0, 0.05) is 83.1 Å². The number of amides is 4. The van der Waals surface area contributed by atoms with Crippen molar-refractivity contribution >= 4 is 23.5 Å². The van der Waals surface area contributed by atoms with E-state index in [1.807, 2.05) is 24.3 Å². The Morgan fingerprint density at radius 1 is 0.875 bits per heavy atom. The summed E-state index contributed by atoms with van der Waals surface area (Å²) in [6.45, 7) is 6.28. The lowest BCUT2D eigenvalue weighted by atomic mass is 9.91. The van der Waals surface area contributed by atoms with Crippen molar-refractivity contribution in [1.82, 2.24) is 24.5 Å². The molecule has 9 nitrogen and oxygen atoms in total.